The van der Waals surface area contributed by atoms with Gasteiger partial charge in [-0.1, -0.05) is 0 Å². The smallest absolute Gasteiger partial charge is 0.421 e. The molecular weight excluding hydrogens is 409 g/mol. The summed E-state index contributed by atoms with van der Waals surface area (Å²) in [6, 6.07) is 2.48. The van der Waals surface area contributed by atoms with Gasteiger partial charge in [0.1, 0.15) is 22.9 Å². The maximum Gasteiger partial charge on any atom is 0.421 e. The lowest BCUT2D eigenvalue weighted by molar-refractivity contribution is -0.137. The average Bonchev–Trinajstić information content (AvgIpc) is 3.18. The fourth-order valence-electron chi connectivity index (χ4n) is 3.26. The summed E-state index contributed by atoms with van der Waals surface area (Å²) in [5, 5.41) is 5.07. The number of benzene rings is 1. The number of hydrogen-bond donors (Lipinski definition) is 2. The highest BCUT2D eigenvalue weighted by Crippen LogP contribution is 2.35. The number of alkyl halides is 4. The van der Waals surface area contributed by atoms with E-state index in [0.717, 1.165) is 25.9 Å². The van der Waals surface area contributed by atoms with E-state index in [4.69, 9.17) is 4.74 Å². The Morgan fingerprint density at radius 3 is 2.57 bits per heavy atom. The fraction of sp³-hybridized carbons (Fsp3) is 0.474. The quantitative estimate of drug-likeness (QED) is 0.591. The number of halogens is 5. The van der Waals surface area contributed by atoms with Crippen LogP contribution in [-0.2, 0) is 12.7 Å². The van der Waals surface area contributed by atoms with Gasteiger partial charge in [0.05, 0.1) is 5.69 Å². The van der Waals surface area contributed by atoms with Crippen molar-refractivity contribution >= 4 is 17.5 Å². The number of anilines is 3. The number of ether oxygens (including phenoxy) is 1. The average molecular weight is 431 g/mol. The Balaban J connectivity index is 1.88. The highest BCUT2D eigenvalue weighted by atomic mass is 19.4. The minimum absolute atomic E-state index is 0.133. The molecular formula is C19H22F5N5O. The summed E-state index contributed by atoms with van der Waals surface area (Å²) in [6.07, 6.45) is -1.94. The monoisotopic (exact) mass is 431 g/mol. The Kier molecular flexibility index (Phi) is 6.91. The number of nitrogens with zero attached hydrogens (tertiary/aromatic N) is 3. The van der Waals surface area contributed by atoms with E-state index in [1.807, 2.05) is 0 Å². The van der Waals surface area contributed by atoms with Crippen LogP contribution >= 0.6 is 0 Å². The van der Waals surface area contributed by atoms with Crippen LogP contribution in [0.3, 0.4) is 0 Å². The molecule has 0 amide bonds. The van der Waals surface area contributed by atoms with Crippen molar-refractivity contribution in [2.24, 2.45) is 0 Å². The zero-order chi connectivity index (χ0) is 21.7. The van der Waals surface area contributed by atoms with Crippen molar-refractivity contribution in [3.8, 4) is 5.75 Å². The summed E-state index contributed by atoms with van der Waals surface area (Å²) >= 11 is 0. The first-order chi connectivity index (χ1) is 14.3. The second kappa shape index (κ2) is 9.41. The largest absolute Gasteiger partial charge is 0.463 e. The molecule has 3 rings (SSSR count). The zero-order valence-electron chi connectivity index (χ0n) is 16.3. The van der Waals surface area contributed by atoms with Gasteiger partial charge >= 0.3 is 6.18 Å². The van der Waals surface area contributed by atoms with Crippen LogP contribution in [0.15, 0.2) is 18.3 Å². The van der Waals surface area contributed by atoms with Crippen molar-refractivity contribution < 1.29 is 26.7 Å². The molecule has 1 aliphatic heterocycles. The molecule has 11 heteroatoms. The van der Waals surface area contributed by atoms with Gasteiger partial charge < -0.3 is 15.4 Å². The van der Waals surface area contributed by atoms with E-state index in [1.165, 1.54) is 12.1 Å². The van der Waals surface area contributed by atoms with E-state index < -0.39 is 30.2 Å². The van der Waals surface area contributed by atoms with Crippen LogP contribution in [0.4, 0.5) is 39.4 Å². The molecule has 1 aromatic carbocycles. The first-order valence-corrected chi connectivity index (χ1v) is 9.50. The Hall–Kier alpha value is -2.69. The van der Waals surface area contributed by atoms with Crippen molar-refractivity contribution in [3.63, 3.8) is 0 Å². The van der Waals surface area contributed by atoms with Crippen LogP contribution in [-0.4, -0.2) is 41.4 Å². The van der Waals surface area contributed by atoms with Gasteiger partial charge in [0, 0.05) is 30.9 Å². The molecule has 2 heterocycles. The third-order valence-electron chi connectivity index (χ3n) is 4.64. The lowest BCUT2D eigenvalue weighted by atomic mass is 10.1. The lowest BCUT2D eigenvalue weighted by Crippen LogP contribution is -2.19. The Bertz CT molecular complexity index is 871. The molecule has 2 N–H and O–H groups in total. The summed E-state index contributed by atoms with van der Waals surface area (Å²) in [6.45, 7) is 2.86. The third-order valence-corrected chi connectivity index (χ3v) is 4.64. The fourth-order valence-corrected chi connectivity index (χ4v) is 3.26. The molecule has 1 fully saturated rings. The number of likely N-dealkylation sites (tertiary alicyclic amines) is 1. The van der Waals surface area contributed by atoms with Gasteiger partial charge in [0.25, 0.3) is 0 Å². The minimum Gasteiger partial charge on any atom is -0.463 e. The zero-order valence-corrected chi connectivity index (χ0v) is 16.3. The predicted octanol–water partition coefficient (Wildman–Crippen LogP) is 4.71. The third kappa shape index (κ3) is 5.26. The molecule has 1 saturated heterocycles. The number of hydrogen-bond acceptors (Lipinski definition) is 6. The van der Waals surface area contributed by atoms with Gasteiger partial charge in [0.2, 0.25) is 12.8 Å². The first kappa shape index (κ1) is 22.0. The molecule has 30 heavy (non-hydrogen) atoms. The van der Waals surface area contributed by atoms with Crippen molar-refractivity contribution in [1.29, 1.82) is 0 Å². The molecule has 164 valence electrons. The summed E-state index contributed by atoms with van der Waals surface area (Å²) in [7, 11) is 0. The van der Waals surface area contributed by atoms with E-state index in [-0.39, 0.29) is 23.9 Å². The molecule has 0 radical (unpaired) electrons. The maximum absolute atomic E-state index is 14.7. The van der Waals surface area contributed by atoms with Gasteiger partial charge in [-0.3, -0.25) is 4.90 Å². The summed E-state index contributed by atoms with van der Waals surface area (Å²) in [5.74, 6) is -1.19. The van der Waals surface area contributed by atoms with E-state index in [1.54, 1.807) is 6.92 Å². The summed E-state index contributed by atoms with van der Waals surface area (Å²) in [5.41, 5.74) is -0.678. The van der Waals surface area contributed by atoms with Crippen LogP contribution in [0, 0.1) is 5.82 Å². The molecule has 6 nitrogen and oxygen atoms in total. The number of nitrogens with one attached hydrogen (secondary N) is 2. The van der Waals surface area contributed by atoms with Crippen molar-refractivity contribution in [2.75, 3.05) is 37.1 Å². The van der Waals surface area contributed by atoms with Gasteiger partial charge in [-0.15, -0.1) is 0 Å². The van der Waals surface area contributed by atoms with Crippen LogP contribution in [0.2, 0.25) is 0 Å². The molecule has 0 atom stereocenters. The highest BCUT2D eigenvalue weighted by Gasteiger charge is 2.35. The SMILES string of the molecule is CCNc1nc(Nc2cc(OCF)c(CN3CCCC3)cc2F)ncc1C(F)(F)F. The predicted molar refractivity (Wildman–Crippen MR) is 102 cm³/mol. The van der Waals surface area contributed by atoms with E-state index in [9.17, 15) is 22.0 Å². The minimum atomic E-state index is -4.64. The molecule has 0 spiro atoms. The molecule has 0 unspecified atom stereocenters. The standard InChI is InChI=1S/C19H22F5N5O/c1-2-25-17-13(19(22,23)24)9-26-18(28-17)27-15-8-16(30-11-20)12(7-14(15)21)10-29-5-3-4-6-29/h7-9H,2-6,10-11H2,1H3,(H2,25,26,27,28). The highest BCUT2D eigenvalue weighted by molar-refractivity contribution is 5.60. The molecule has 0 bridgehead atoms. The van der Waals surface area contributed by atoms with Crippen LogP contribution in [0.1, 0.15) is 30.9 Å². The normalized spacial score (nSPS) is 14.7. The molecule has 0 saturated carbocycles. The number of aromatic nitrogens is 2. The van der Waals surface area contributed by atoms with Gasteiger partial charge in [-0.2, -0.15) is 18.2 Å². The van der Waals surface area contributed by atoms with E-state index >= 15 is 0 Å². The first-order valence-electron chi connectivity index (χ1n) is 9.50. The summed E-state index contributed by atoms with van der Waals surface area (Å²) < 4.78 is 71.8. The molecule has 1 aliphatic rings. The van der Waals surface area contributed by atoms with Crippen LogP contribution in [0.25, 0.3) is 0 Å². The van der Waals surface area contributed by atoms with Crippen molar-refractivity contribution in [3.05, 3.63) is 35.3 Å². The van der Waals surface area contributed by atoms with Crippen molar-refractivity contribution in [1.82, 2.24) is 14.9 Å². The van der Waals surface area contributed by atoms with E-state index in [2.05, 4.69) is 25.5 Å². The number of rotatable bonds is 8. The molecule has 0 aliphatic carbocycles. The van der Waals surface area contributed by atoms with Crippen LogP contribution < -0.4 is 15.4 Å². The van der Waals surface area contributed by atoms with E-state index in [0.29, 0.717) is 18.3 Å². The van der Waals surface area contributed by atoms with Gasteiger partial charge in [-0.25, -0.2) is 13.8 Å². The lowest BCUT2D eigenvalue weighted by Gasteiger charge is -2.19. The van der Waals surface area contributed by atoms with Gasteiger partial charge in [-0.05, 0) is 38.9 Å². The summed E-state index contributed by atoms with van der Waals surface area (Å²) in [4.78, 5) is 9.54. The Morgan fingerprint density at radius 2 is 1.93 bits per heavy atom. The Labute approximate surface area is 170 Å². The second-order valence-corrected chi connectivity index (χ2v) is 6.79. The second-order valence-electron chi connectivity index (χ2n) is 6.79. The molecule has 2 aromatic rings. The van der Waals surface area contributed by atoms with Gasteiger partial charge in [0.15, 0.2) is 0 Å². The topological polar surface area (TPSA) is 62.3 Å². The molecule has 1 aromatic heterocycles. The van der Waals surface area contributed by atoms with Crippen molar-refractivity contribution in [2.45, 2.75) is 32.5 Å². The van der Waals surface area contributed by atoms with Crippen LogP contribution in [0.5, 0.6) is 5.75 Å². The maximum atomic E-state index is 14.7. The Morgan fingerprint density at radius 1 is 1.20 bits per heavy atom.